The summed E-state index contributed by atoms with van der Waals surface area (Å²) in [7, 11) is 3.04. The quantitative estimate of drug-likeness (QED) is 0.331. The summed E-state index contributed by atoms with van der Waals surface area (Å²) in [4.78, 5) is 12.4. The molecule has 0 unspecified atom stereocenters. The van der Waals surface area contributed by atoms with E-state index in [9.17, 15) is 4.79 Å². The van der Waals surface area contributed by atoms with Crippen molar-refractivity contribution in [3.05, 3.63) is 82.4 Å². The van der Waals surface area contributed by atoms with Crippen LogP contribution >= 0.6 is 11.6 Å². The zero-order valence-corrected chi connectivity index (χ0v) is 19.4. The second-order valence-corrected chi connectivity index (χ2v) is 7.29. The van der Waals surface area contributed by atoms with E-state index in [1.165, 1.54) is 20.4 Å². The van der Waals surface area contributed by atoms with Gasteiger partial charge in [-0.1, -0.05) is 23.7 Å². The first-order chi connectivity index (χ1) is 16.0. The maximum Gasteiger partial charge on any atom is 0.271 e. The fraction of sp³-hybridized carbons (Fsp3) is 0.200. The molecule has 8 heteroatoms. The number of carbonyl (C=O) groups is 1. The SMILES string of the molecule is CCOc1cc(/C=N\NC(=O)c2cc(OC)cc(OC)c2)ccc1OCc1ccc(Cl)cc1. The molecular formula is C25H25ClN2O5. The van der Waals surface area contributed by atoms with E-state index in [1.807, 2.05) is 37.3 Å². The van der Waals surface area contributed by atoms with Gasteiger partial charge in [-0.25, -0.2) is 5.43 Å². The minimum absolute atomic E-state index is 0.365. The van der Waals surface area contributed by atoms with Gasteiger partial charge in [0, 0.05) is 16.7 Å². The topological polar surface area (TPSA) is 78.4 Å². The Hall–Kier alpha value is -3.71. The smallest absolute Gasteiger partial charge is 0.271 e. The van der Waals surface area contributed by atoms with Crippen molar-refractivity contribution in [2.24, 2.45) is 5.10 Å². The molecule has 0 spiro atoms. The van der Waals surface area contributed by atoms with E-state index >= 15 is 0 Å². The first-order valence-corrected chi connectivity index (χ1v) is 10.6. The Morgan fingerprint density at radius 2 is 1.64 bits per heavy atom. The standard InChI is InChI=1S/C25H25ClN2O5/c1-4-32-24-11-18(7-10-23(24)33-16-17-5-8-20(26)9-6-17)15-27-28-25(29)19-12-21(30-2)14-22(13-19)31-3/h5-15H,4,16H2,1-3H3,(H,28,29)/b27-15-. The number of hydrazone groups is 1. The van der Waals surface area contributed by atoms with E-state index in [1.54, 1.807) is 30.3 Å². The molecule has 0 saturated heterocycles. The highest BCUT2D eigenvalue weighted by molar-refractivity contribution is 6.30. The second-order valence-electron chi connectivity index (χ2n) is 6.85. The predicted octanol–water partition coefficient (Wildman–Crippen LogP) is 5.10. The molecule has 172 valence electrons. The molecule has 0 bridgehead atoms. The van der Waals surface area contributed by atoms with E-state index < -0.39 is 5.91 Å². The second kappa shape index (κ2) is 11.8. The van der Waals surface area contributed by atoms with Crippen molar-refractivity contribution in [2.45, 2.75) is 13.5 Å². The number of hydrogen-bond donors (Lipinski definition) is 1. The lowest BCUT2D eigenvalue weighted by Gasteiger charge is -2.12. The summed E-state index contributed by atoms with van der Waals surface area (Å²) in [5.74, 6) is 1.82. The number of carbonyl (C=O) groups excluding carboxylic acids is 1. The highest BCUT2D eigenvalue weighted by Gasteiger charge is 2.10. The molecule has 1 N–H and O–H groups in total. The average molecular weight is 469 g/mol. The maximum absolute atomic E-state index is 12.4. The highest BCUT2D eigenvalue weighted by Crippen LogP contribution is 2.29. The van der Waals surface area contributed by atoms with Crippen LogP contribution in [0.4, 0.5) is 0 Å². The fourth-order valence-electron chi connectivity index (χ4n) is 2.90. The van der Waals surface area contributed by atoms with Crippen LogP contribution in [0.3, 0.4) is 0 Å². The summed E-state index contributed by atoms with van der Waals surface area (Å²) in [6, 6.07) is 17.8. The third kappa shape index (κ3) is 6.89. The Bertz CT molecular complexity index is 1090. The van der Waals surface area contributed by atoms with Crippen molar-refractivity contribution >= 4 is 23.7 Å². The Morgan fingerprint density at radius 3 is 2.27 bits per heavy atom. The van der Waals surface area contributed by atoms with E-state index in [2.05, 4.69) is 10.5 Å². The monoisotopic (exact) mass is 468 g/mol. The average Bonchev–Trinajstić information content (AvgIpc) is 2.84. The largest absolute Gasteiger partial charge is 0.497 e. The molecule has 0 aliphatic heterocycles. The van der Waals surface area contributed by atoms with Gasteiger partial charge in [0.05, 0.1) is 27.0 Å². The number of nitrogens with one attached hydrogen (secondary N) is 1. The summed E-state index contributed by atoms with van der Waals surface area (Å²) in [6.45, 7) is 2.75. The van der Waals surface area contributed by atoms with Gasteiger partial charge in [-0.3, -0.25) is 4.79 Å². The van der Waals surface area contributed by atoms with Crippen LogP contribution in [-0.2, 0) is 6.61 Å². The minimum Gasteiger partial charge on any atom is -0.497 e. The van der Waals surface area contributed by atoms with Gasteiger partial charge in [-0.05, 0) is 60.5 Å². The maximum atomic E-state index is 12.4. The van der Waals surface area contributed by atoms with Crippen molar-refractivity contribution in [1.82, 2.24) is 5.43 Å². The van der Waals surface area contributed by atoms with Crippen LogP contribution in [0, 0.1) is 0 Å². The van der Waals surface area contributed by atoms with Crippen LogP contribution in [0.2, 0.25) is 5.02 Å². The van der Waals surface area contributed by atoms with Crippen molar-refractivity contribution in [1.29, 1.82) is 0 Å². The van der Waals surface area contributed by atoms with Gasteiger partial charge < -0.3 is 18.9 Å². The van der Waals surface area contributed by atoms with Crippen LogP contribution in [0.25, 0.3) is 0 Å². The first kappa shape index (κ1) is 23.9. The first-order valence-electron chi connectivity index (χ1n) is 10.2. The van der Waals surface area contributed by atoms with Crippen molar-refractivity contribution in [3.63, 3.8) is 0 Å². The molecule has 0 fully saturated rings. The fourth-order valence-corrected chi connectivity index (χ4v) is 3.03. The van der Waals surface area contributed by atoms with Crippen LogP contribution in [-0.4, -0.2) is 32.9 Å². The Kier molecular flexibility index (Phi) is 8.55. The predicted molar refractivity (Wildman–Crippen MR) is 128 cm³/mol. The molecule has 0 radical (unpaired) electrons. The number of nitrogens with zero attached hydrogens (tertiary/aromatic N) is 1. The number of halogens is 1. The zero-order chi connectivity index (χ0) is 23.6. The number of amides is 1. The van der Waals surface area contributed by atoms with Crippen molar-refractivity contribution < 1.29 is 23.7 Å². The Morgan fingerprint density at radius 1 is 0.939 bits per heavy atom. The van der Waals surface area contributed by atoms with Crippen LogP contribution in [0.1, 0.15) is 28.4 Å². The molecule has 3 aromatic rings. The summed E-state index contributed by atoms with van der Waals surface area (Å²) in [5.41, 5.74) is 4.60. The van der Waals surface area contributed by atoms with Crippen molar-refractivity contribution in [3.8, 4) is 23.0 Å². The van der Waals surface area contributed by atoms with Gasteiger partial charge in [0.1, 0.15) is 18.1 Å². The van der Waals surface area contributed by atoms with Crippen LogP contribution in [0.15, 0.2) is 65.8 Å². The number of ether oxygens (including phenoxy) is 4. The molecule has 1 amide bonds. The Balaban J connectivity index is 1.67. The molecule has 0 heterocycles. The molecule has 0 aliphatic rings. The van der Waals surface area contributed by atoms with Gasteiger partial charge in [0.2, 0.25) is 0 Å². The van der Waals surface area contributed by atoms with Crippen LogP contribution in [0.5, 0.6) is 23.0 Å². The lowest BCUT2D eigenvalue weighted by Crippen LogP contribution is -2.17. The van der Waals surface area contributed by atoms with E-state index in [-0.39, 0.29) is 0 Å². The van der Waals surface area contributed by atoms with Gasteiger partial charge in [0.15, 0.2) is 11.5 Å². The molecule has 0 saturated carbocycles. The van der Waals surface area contributed by atoms with Gasteiger partial charge in [-0.2, -0.15) is 5.10 Å². The summed E-state index contributed by atoms with van der Waals surface area (Å²) < 4.78 is 22.0. The van der Waals surface area contributed by atoms with Gasteiger partial charge in [-0.15, -0.1) is 0 Å². The van der Waals surface area contributed by atoms with Gasteiger partial charge in [0.25, 0.3) is 5.91 Å². The summed E-state index contributed by atoms with van der Waals surface area (Å²) in [5, 5.41) is 4.72. The molecular weight excluding hydrogens is 444 g/mol. The van der Waals surface area contributed by atoms with E-state index in [4.69, 9.17) is 30.5 Å². The minimum atomic E-state index is -0.392. The number of rotatable bonds is 10. The third-order valence-corrected chi connectivity index (χ3v) is 4.82. The lowest BCUT2D eigenvalue weighted by atomic mass is 10.2. The third-order valence-electron chi connectivity index (χ3n) is 4.57. The lowest BCUT2D eigenvalue weighted by molar-refractivity contribution is 0.0954. The van der Waals surface area contributed by atoms with Crippen LogP contribution < -0.4 is 24.4 Å². The molecule has 33 heavy (non-hydrogen) atoms. The molecule has 3 aromatic carbocycles. The number of methoxy groups -OCH3 is 2. The summed E-state index contributed by atoms with van der Waals surface area (Å²) >= 11 is 5.93. The zero-order valence-electron chi connectivity index (χ0n) is 18.6. The molecule has 7 nitrogen and oxygen atoms in total. The Labute approximate surface area is 197 Å². The normalized spacial score (nSPS) is 10.7. The van der Waals surface area contributed by atoms with Crippen molar-refractivity contribution in [2.75, 3.05) is 20.8 Å². The van der Waals surface area contributed by atoms with Gasteiger partial charge >= 0.3 is 0 Å². The van der Waals surface area contributed by atoms with E-state index in [0.29, 0.717) is 46.8 Å². The molecule has 0 atom stereocenters. The molecule has 3 rings (SSSR count). The number of benzene rings is 3. The van der Waals surface area contributed by atoms with E-state index in [0.717, 1.165) is 11.1 Å². The number of hydrogen-bond acceptors (Lipinski definition) is 6. The highest BCUT2D eigenvalue weighted by atomic mass is 35.5. The summed E-state index contributed by atoms with van der Waals surface area (Å²) in [6.07, 6.45) is 1.53. The molecule has 0 aliphatic carbocycles. The molecule has 0 aromatic heterocycles.